The van der Waals surface area contributed by atoms with Crippen LogP contribution in [0, 0.1) is 0 Å². The quantitative estimate of drug-likeness (QED) is 0.889. The first-order valence-corrected chi connectivity index (χ1v) is 8.85. The van der Waals surface area contributed by atoms with Crippen LogP contribution >= 0.6 is 23.1 Å². The predicted octanol–water partition coefficient (Wildman–Crippen LogP) is 3.76. The minimum absolute atomic E-state index is 0.0149. The summed E-state index contributed by atoms with van der Waals surface area (Å²) >= 11 is 2.74. The van der Waals surface area contributed by atoms with Gasteiger partial charge >= 0.3 is 6.18 Å². The van der Waals surface area contributed by atoms with Crippen molar-refractivity contribution in [3.63, 3.8) is 0 Å². The van der Waals surface area contributed by atoms with Gasteiger partial charge in [0.2, 0.25) is 5.91 Å². The molecule has 0 bridgehead atoms. The molecule has 118 valence electrons. The van der Waals surface area contributed by atoms with Gasteiger partial charge in [-0.15, -0.1) is 23.1 Å². The molecule has 0 atom stereocenters. The van der Waals surface area contributed by atoms with Crippen LogP contribution in [0.5, 0.6) is 0 Å². The first kappa shape index (κ1) is 16.6. The number of thioether (sulfide) groups is 1. The summed E-state index contributed by atoms with van der Waals surface area (Å²) in [5.74, 6) is 0.0140. The maximum Gasteiger partial charge on any atom is 0.411 e. The van der Waals surface area contributed by atoms with Crippen molar-refractivity contribution in [1.82, 2.24) is 10.3 Å². The first-order valence-electron chi connectivity index (χ1n) is 6.75. The number of hydrogen-bond acceptors (Lipinski definition) is 4. The molecule has 1 amide bonds. The third-order valence-corrected chi connectivity index (χ3v) is 5.20. The molecule has 0 radical (unpaired) electrons. The minimum Gasteiger partial charge on any atom is -0.341 e. The summed E-state index contributed by atoms with van der Waals surface area (Å²) in [4.78, 5) is 15.9. The number of rotatable bonds is 5. The average molecular weight is 338 g/mol. The van der Waals surface area contributed by atoms with Crippen LogP contribution in [0.1, 0.15) is 37.8 Å². The predicted molar refractivity (Wildman–Crippen MR) is 78.3 cm³/mol. The molecule has 0 aromatic carbocycles. The van der Waals surface area contributed by atoms with E-state index in [0.717, 1.165) is 12.1 Å². The van der Waals surface area contributed by atoms with E-state index in [1.54, 1.807) is 5.51 Å². The van der Waals surface area contributed by atoms with Gasteiger partial charge in [0.1, 0.15) is 5.54 Å². The molecule has 1 heterocycles. The zero-order valence-corrected chi connectivity index (χ0v) is 13.0. The number of carbonyl (C=O) groups excluding carboxylic acids is 1. The lowest BCUT2D eigenvalue weighted by atomic mass is 9.81. The average Bonchev–Trinajstić information content (AvgIpc) is 2.91. The van der Waals surface area contributed by atoms with Crippen LogP contribution in [0.15, 0.2) is 10.9 Å². The maximum atomic E-state index is 13.3. The van der Waals surface area contributed by atoms with Crippen molar-refractivity contribution in [1.29, 1.82) is 0 Å². The van der Waals surface area contributed by atoms with E-state index in [0.29, 0.717) is 18.6 Å². The molecule has 1 aliphatic carbocycles. The van der Waals surface area contributed by atoms with Crippen molar-refractivity contribution in [3.05, 3.63) is 16.6 Å². The van der Waals surface area contributed by atoms with Crippen molar-refractivity contribution < 1.29 is 18.0 Å². The molecule has 0 saturated heterocycles. The van der Waals surface area contributed by atoms with E-state index in [4.69, 9.17) is 0 Å². The largest absolute Gasteiger partial charge is 0.411 e. The second-order valence-corrected chi connectivity index (χ2v) is 6.87. The number of thiazole rings is 1. The SMILES string of the molecule is O=C(CSCc1cscn1)NC1(C(F)(F)F)CCCCC1. The highest BCUT2D eigenvalue weighted by Crippen LogP contribution is 2.41. The van der Waals surface area contributed by atoms with Gasteiger partial charge < -0.3 is 5.32 Å². The molecule has 0 unspecified atom stereocenters. The number of halogens is 3. The Bertz CT molecular complexity index is 456. The lowest BCUT2D eigenvalue weighted by molar-refractivity contribution is -0.206. The maximum absolute atomic E-state index is 13.3. The Morgan fingerprint density at radius 3 is 2.67 bits per heavy atom. The Kier molecular flexibility index (Phi) is 5.54. The Balaban J connectivity index is 1.86. The number of amides is 1. The van der Waals surface area contributed by atoms with Gasteiger partial charge in [-0.05, 0) is 12.8 Å². The Morgan fingerprint density at radius 2 is 2.10 bits per heavy atom. The Morgan fingerprint density at radius 1 is 1.38 bits per heavy atom. The zero-order chi connectivity index (χ0) is 15.3. The van der Waals surface area contributed by atoms with Gasteiger partial charge in [0.15, 0.2) is 0 Å². The fourth-order valence-corrected chi connectivity index (χ4v) is 3.89. The molecule has 3 nitrogen and oxygen atoms in total. The molecule has 2 rings (SSSR count). The number of carbonyl (C=O) groups is 1. The van der Waals surface area contributed by atoms with Crippen LogP contribution in [0.25, 0.3) is 0 Å². The van der Waals surface area contributed by atoms with Crippen molar-refractivity contribution >= 4 is 29.0 Å². The normalized spacial score (nSPS) is 18.4. The van der Waals surface area contributed by atoms with Gasteiger partial charge in [0, 0.05) is 11.1 Å². The highest BCUT2D eigenvalue weighted by atomic mass is 32.2. The van der Waals surface area contributed by atoms with Crippen LogP contribution in [-0.4, -0.2) is 28.4 Å². The molecule has 0 aliphatic heterocycles. The monoisotopic (exact) mass is 338 g/mol. The molecule has 21 heavy (non-hydrogen) atoms. The van der Waals surface area contributed by atoms with Gasteiger partial charge in [-0.2, -0.15) is 13.2 Å². The van der Waals surface area contributed by atoms with Crippen LogP contribution in [0.4, 0.5) is 13.2 Å². The molecule has 8 heteroatoms. The van der Waals surface area contributed by atoms with Crippen LogP contribution in [0.2, 0.25) is 0 Å². The van der Waals surface area contributed by atoms with Gasteiger partial charge in [0.05, 0.1) is 17.0 Å². The zero-order valence-electron chi connectivity index (χ0n) is 11.4. The standard InChI is InChI=1S/C13H17F3N2OS2/c14-13(15,16)12(4-2-1-3-5-12)18-11(19)8-20-6-10-7-21-9-17-10/h7,9H,1-6,8H2,(H,18,19). The fraction of sp³-hybridized carbons (Fsp3) is 0.692. The van der Waals surface area contributed by atoms with E-state index in [1.807, 2.05) is 5.38 Å². The van der Waals surface area contributed by atoms with Crippen molar-refractivity contribution in [3.8, 4) is 0 Å². The summed E-state index contributed by atoms with van der Waals surface area (Å²) in [6, 6.07) is 0. The van der Waals surface area contributed by atoms with Crippen molar-refractivity contribution in [2.24, 2.45) is 0 Å². The van der Waals surface area contributed by atoms with E-state index in [-0.39, 0.29) is 18.6 Å². The van der Waals surface area contributed by atoms with Gasteiger partial charge in [-0.3, -0.25) is 4.79 Å². The summed E-state index contributed by atoms with van der Waals surface area (Å²) in [5.41, 5.74) is 0.515. The third kappa shape index (κ3) is 4.35. The van der Waals surface area contributed by atoms with Crippen LogP contribution in [0.3, 0.4) is 0 Å². The molecule has 1 aliphatic rings. The number of nitrogens with zero attached hydrogens (tertiary/aromatic N) is 1. The second kappa shape index (κ2) is 7.00. The number of aromatic nitrogens is 1. The molecule has 1 N–H and O–H groups in total. The first-order chi connectivity index (χ1) is 9.93. The van der Waals surface area contributed by atoms with Crippen molar-refractivity contribution in [2.45, 2.75) is 49.6 Å². The third-order valence-electron chi connectivity index (χ3n) is 3.59. The summed E-state index contributed by atoms with van der Waals surface area (Å²) in [5, 5.41) is 4.11. The summed E-state index contributed by atoms with van der Waals surface area (Å²) in [6.07, 6.45) is -2.61. The molecule has 1 aromatic heterocycles. The van der Waals surface area contributed by atoms with E-state index in [1.165, 1.54) is 23.1 Å². The van der Waals surface area contributed by atoms with Gasteiger partial charge in [-0.25, -0.2) is 4.98 Å². The molecule has 0 spiro atoms. The lowest BCUT2D eigenvalue weighted by Gasteiger charge is -2.39. The highest BCUT2D eigenvalue weighted by Gasteiger charge is 2.55. The van der Waals surface area contributed by atoms with Crippen LogP contribution < -0.4 is 5.32 Å². The minimum atomic E-state index is -4.39. The highest BCUT2D eigenvalue weighted by molar-refractivity contribution is 7.99. The molecule has 1 fully saturated rings. The summed E-state index contributed by atoms with van der Waals surface area (Å²) in [6.45, 7) is 0. The molecule has 1 aromatic rings. The van der Waals surface area contributed by atoms with E-state index in [9.17, 15) is 18.0 Å². The van der Waals surface area contributed by atoms with Gasteiger partial charge in [-0.1, -0.05) is 19.3 Å². The number of nitrogens with one attached hydrogen (secondary N) is 1. The summed E-state index contributed by atoms with van der Waals surface area (Å²) < 4.78 is 39.8. The van der Waals surface area contributed by atoms with Gasteiger partial charge in [0.25, 0.3) is 0 Å². The fourth-order valence-electron chi connectivity index (χ4n) is 2.49. The Hall–Kier alpha value is -0.760. The number of alkyl halides is 3. The van der Waals surface area contributed by atoms with E-state index < -0.39 is 17.6 Å². The van der Waals surface area contributed by atoms with Crippen LogP contribution in [-0.2, 0) is 10.5 Å². The molecular formula is C13H17F3N2OS2. The topological polar surface area (TPSA) is 42.0 Å². The number of hydrogen-bond donors (Lipinski definition) is 1. The molecular weight excluding hydrogens is 321 g/mol. The van der Waals surface area contributed by atoms with E-state index >= 15 is 0 Å². The van der Waals surface area contributed by atoms with Crippen molar-refractivity contribution in [2.75, 3.05) is 5.75 Å². The smallest absolute Gasteiger partial charge is 0.341 e. The Labute approximate surface area is 129 Å². The lowest BCUT2D eigenvalue weighted by Crippen LogP contribution is -2.60. The second-order valence-electron chi connectivity index (χ2n) is 5.16. The van der Waals surface area contributed by atoms with E-state index in [2.05, 4.69) is 10.3 Å². The molecule has 1 saturated carbocycles. The summed E-state index contributed by atoms with van der Waals surface area (Å²) in [7, 11) is 0.